The molecule has 0 atom stereocenters. The van der Waals surface area contributed by atoms with E-state index in [0.29, 0.717) is 23.2 Å². The van der Waals surface area contributed by atoms with Crippen molar-refractivity contribution in [1.29, 1.82) is 0 Å². The Balaban J connectivity index is 1.46. The average molecular weight is 496 g/mol. The number of rotatable bonds is 10. The van der Waals surface area contributed by atoms with Crippen LogP contribution in [0.3, 0.4) is 0 Å². The van der Waals surface area contributed by atoms with Crippen LogP contribution in [0.15, 0.2) is 72.8 Å². The highest BCUT2D eigenvalue weighted by Crippen LogP contribution is 2.30. The summed E-state index contributed by atoms with van der Waals surface area (Å²) in [5.74, 6) is 2.33. The van der Waals surface area contributed by atoms with Crippen molar-refractivity contribution in [2.24, 2.45) is 0 Å². The summed E-state index contributed by atoms with van der Waals surface area (Å²) in [6.45, 7) is 1.91. The summed E-state index contributed by atoms with van der Waals surface area (Å²) in [5, 5.41) is 6.99. The summed E-state index contributed by atoms with van der Waals surface area (Å²) in [6.07, 6.45) is 0.866. The third kappa shape index (κ3) is 5.76. The number of methoxy groups -OCH3 is 2. The molecular weight excluding hydrogens is 469 g/mol. The van der Waals surface area contributed by atoms with Gasteiger partial charge in [-0.15, -0.1) is 0 Å². The van der Waals surface area contributed by atoms with E-state index in [2.05, 4.69) is 35.6 Å². The van der Waals surface area contributed by atoms with E-state index in [1.807, 2.05) is 36.4 Å². The molecule has 4 aromatic rings. The van der Waals surface area contributed by atoms with Gasteiger partial charge in [-0.1, -0.05) is 65.7 Å². The first kappa shape index (κ1) is 24.2. The van der Waals surface area contributed by atoms with Crippen LogP contribution in [0.25, 0.3) is 10.8 Å². The highest BCUT2D eigenvalue weighted by Gasteiger charge is 2.10. The van der Waals surface area contributed by atoms with E-state index < -0.39 is 0 Å². The molecule has 0 fully saturated rings. The number of ether oxygens (including phenoxy) is 3. The van der Waals surface area contributed by atoms with Gasteiger partial charge in [0.2, 0.25) is 0 Å². The Kier molecular flexibility index (Phi) is 8.17. The molecule has 0 saturated carbocycles. The predicted molar refractivity (Wildman–Crippen MR) is 140 cm³/mol. The van der Waals surface area contributed by atoms with Crippen molar-refractivity contribution in [3.63, 3.8) is 0 Å². The summed E-state index contributed by atoms with van der Waals surface area (Å²) in [7, 11) is 3.30. The Labute approximate surface area is 210 Å². The second-order valence-electron chi connectivity index (χ2n) is 7.92. The maximum absolute atomic E-state index is 6.23. The summed E-state index contributed by atoms with van der Waals surface area (Å²) >= 11 is 12.2. The zero-order valence-electron chi connectivity index (χ0n) is 19.2. The van der Waals surface area contributed by atoms with Crippen LogP contribution in [0.1, 0.15) is 16.7 Å². The van der Waals surface area contributed by atoms with Crippen molar-refractivity contribution in [3.8, 4) is 17.2 Å². The molecule has 0 aromatic heterocycles. The van der Waals surface area contributed by atoms with Gasteiger partial charge >= 0.3 is 0 Å². The van der Waals surface area contributed by atoms with Gasteiger partial charge in [0.05, 0.1) is 24.3 Å². The zero-order chi connectivity index (χ0) is 23.9. The van der Waals surface area contributed by atoms with Crippen molar-refractivity contribution in [2.45, 2.75) is 19.6 Å². The fraction of sp³-hybridized carbons (Fsp3) is 0.214. The number of hydrogen-bond acceptors (Lipinski definition) is 4. The van der Waals surface area contributed by atoms with Gasteiger partial charge in [-0.2, -0.15) is 0 Å². The monoisotopic (exact) mass is 495 g/mol. The Morgan fingerprint density at radius 2 is 1.50 bits per heavy atom. The van der Waals surface area contributed by atoms with E-state index in [0.717, 1.165) is 41.3 Å². The Morgan fingerprint density at radius 3 is 2.29 bits per heavy atom. The van der Waals surface area contributed by atoms with E-state index in [4.69, 9.17) is 37.4 Å². The number of hydrogen-bond donors (Lipinski definition) is 1. The molecule has 6 heteroatoms. The lowest BCUT2D eigenvalue weighted by Crippen LogP contribution is -2.17. The van der Waals surface area contributed by atoms with Gasteiger partial charge in [0.15, 0.2) is 11.5 Å². The molecule has 0 spiro atoms. The molecule has 4 nitrogen and oxygen atoms in total. The average Bonchev–Trinajstić information content (AvgIpc) is 2.87. The second-order valence-corrected chi connectivity index (χ2v) is 8.73. The maximum atomic E-state index is 6.23. The molecule has 0 bridgehead atoms. The quantitative estimate of drug-likeness (QED) is 0.238. The third-order valence-corrected chi connectivity index (χ3v) is 6.46. The van der Waals surface area contributed by atoms with Crippen LogP contribution in [0.2, 0.25) is 10.0 Å². The highest BCUT2D eigenvalue weighted by atomic mass is 35.5. The van der Waals surface area contributed by atoms with Gasteiger partial charge in [0.1, 0.15) is 12.4 Å². The Hall–Kier alpha value is -2.92. The Bertz CT molecular complexity index is 1280. The summed E-state index contributed by atoms with van der Waals surface area (Å²) in [4.78, 5) is 0. The van der Waals surface area contributed by atoms with Gasteiger partial charge < -0.3 is 19.5 Å². The van der Waals surface area contributed by atoms with Crippen molar-refractivity contribution in [1.82, 2.24) is 5.32 Å². The van der Waals surface area contributed by atoms with Crippen LogP contribution in [0.4, 0.5) is 0 Å². The molecule has 1 N–H and O–H groups in total. The molecule has 0 radical (unpaired) electrons. The lowest BCUT2D eigenvalue weighted by Gasteiger charge is -2.16. The van der Waals surface area contributed by atoms with Crippen LogP contribution in [0.5, 0.6) is 17.2 Å². The molecule has 0 aliphatic rings. The summed E-state index contributed by atoms with van der Waals surface area (Å²) < 4.78 is 17.0. The van der Waals surface area contributed by atoms with Crippen molar-refractivity contribution in [2.75, 3.05) is 20.8 Å². The first-order chi connectivity index (χ1) is 16.6. The minimum atomic E-state index is 0.411. The molecule has 0 unspecified atom stereocenters. The predicted octanol–water partition coefficient (Wildman–Crippen LogP) is 7.08. The largest absolute Gasteiger partial charge is 0.493 e. The molecular formula is C28H27Cl2NO3. The second kappa shape index (κ2) is 11.5. The van der Waals surface area contributed by atoms with E-state index in [9.17, 15) is 0 Å². The van der Waals surface area contributed by atoms with Crippen LogP contribution < -0.4 is 19.5 Å². The molecule has 0 aliphatic heterocycles. The number of halogens is 2. The van der Waals surface area contributed by atoms with Crippen molar-refractivity contribution >= 4 is 34.0 Å². The van der Waals surface area contributed by atoms with E-state index in [-0.39, 0.29) is 0 Å². The van der Waals surface area contributed by atoms with E-state index in [1.165, 1.54) is 16.3 Å². The molecule has 34 heavy (non-hydrogen) atoms. The molecule has 0 aliphatic carbocycles. The highest BCUT2D eigenvalue weighted by molar-refractivity contribution is 6.42. The first-order valence-electron chi connectivity index (χ1n) is 11.1. The molecule has 0 saturated heterocycles. The summed E-state index contributed by atoms with van der Waals surface area (Å²) in [5.41, 5.74) is 3.28. The van der Waals surface area contributed by atoms with Crippen molar-refractivity contribution in [3.05, 3.63) is 99.5 Å². The SMILES string of the molecule is COc1ccc(CCNCc2c(OCc3ccc(Cl)c(Cl)c3)ccc3ccccc23)cc1OC. The van der Waals surface area contributed by atoms with Crippen LogP contribution in [0, 0.1) is 0 Å². The third-order valence-electron chi connectivity index (χ3n) is 5.72. The lowest BCUT2D eigenvalue weighted by molar-refractivity contribution is 0.303. The molecule has 176 valence electrons. The minimum Gasteiger partial charge on any atom is -0.493 e. The van der Waals surface area contributed by atoms with Crippen LogP contribution in [-0.4, -0.2) is 20.8 Å². The normalized spacial score (nSPS) is 10.9. The van der Waals surface area contributed by atoms with Gasteiger partial charge in [0, 0.05) is 12.1 Å². The zero-order valence-corrected chi connectivity index (χ0v) is 20.7. The fourth-order valence-corrected chi connectivity index (χ4v) is 4.23. The van der Waals surface area contributed by atoms with Gasteiger partial charge in [-0.3, -0.25) is 0 Å². The Morgan fingerprint density at radius 1 is 0.735 bits per heavy atom. The number of benzene rings is 4. The van der Waals surface area contributed by atoms with Gasteiger partial charge in [0.25, 0.3) is 0 Å². The lowest BCUT2D eigenvalue weighted by atomic mass is 10.0. The van der Waals surface area contributed by atoms with Crippen LogP contribution >= 0.6 is 23.2 Å². The van der Waals surface area contributed by atoms with Crippen molar-refractivity contribution < 1.29 is 14.2 Å². The maximum Gasteiger partial charge on any atom is 0.160 e. The standard InChI is InChI=1S/C28H27Cl2NO3/c1-32-27-11-8-19(16-28(27)33-2)13-14-31-17-23-22-6-4-3-5-21(22)9-12-26(23)34-18-20-7-10-24(29)25(30)15-20/h3-12,15-16,31H,13-14,17-18H2,1-2H3. The first-order valence-corrected chi connectivity index (χ1v) is 11.8. The van der Waals surface area contributed by atoms with Gasteiger partial charge in [-0.05, 0) is 65.2 Å². The number of nitrogens with one attached hydrogen (secondary N) is 1. The molecule has 0 amide bonds. The van der Waals surface area contributed by atoms with Crippen LogP contribution in [-0.2, 0) is 19.6 Å². The molecule has 4 aromatic carbocycles. The van der Waals surface area contributed by atoms with Gasteiger partial charge in [-0.25, -0.2) is 0 Å². The number of fused-ring (bicyclic) bond motifs is 1. The topological polar surface area (TPSA) is 39.7 Å². The summed E-state index contributed by atoms with van der Waals surface area (Å²) in [6, 6.07) is 24.0. The fourth-order valence-electron chi connectivity index (χ4n) is 3.91. The smallest absolute Gasteiger partial charge is 0.160 e. The minimum absolute atomic E-state index is 0.411. The van der Waals surface area contributed by atoms with E-state index in [1.54, 1.807) is 20.3 Å². The molecule has 4 rings (SSSR count). The van der Waals surface area contributed by atoms with E-state index >= 15 is 0 Å². The molecule has 0 heterocycles.